The van der Waals surface area contributed by atoms with Crippen LogP contribution in [0.1, 0.15) is 37.8 Å². The van der Waals surface area contributed by atoms with E-state index >= 15 is 0 Å². The van der Waals surface area contributed by atoms with Gasteiger partial charge in [-0.15, -0.1) is 0 Å². The summed E-state index contributed by atoms with van der Waals surface area (Å²) in [6.07, 6.45) is 3.29. The fourth-order valence-electron chi connectivity index (χ4n) is 4.35. The molecule has 0 bridgehead atoms. The lowest BCUT2D eigenvalue weighted by Crippen LogP contribution is -2.48. The van der Waals surface area contributed by atoms with E-state index < -0.39 is 5.97 Å². The molecule has 0 aromatic heterocycles. The molecule has 2 atom stereocenters. The highest BCUT2D eigenvalue weighted by molar-refractivity contribution is 6.41. The highest BCUT2D eigenvalue weighted by Crippen LogP contribution is 2.42. The van der Waals surface area contributed by atoms with Crippen LogP contribution in [0.2, 0.25) is 10.0 Å². The van der Waals surface area contributed by atoms with Crippen LogP contribution >= 0.6 is 23.2 Å². The van der Waals surface area contributed by atoms with Crippen LogP contribution < -0.4 is 15.2 Å². The Morgan fingerprint density at radius 3 is 2.46 bits per heavy atom. The first-order chi connectivity index (χ1) is 16.9. The molecule has 2 aromatic carbocycles. The van der Waals surface area contributed by atoms with Crippen LogP contribution in [0.3, 0.4) is 0 Å². The first kappa shape index (κ1) is 25.3. The highest BCUT2D eigenvalue weighted by Gasteiger charge is 2.40. The molecule has 1 N–H and O–H groups in total. The number of hydrazine groups is 1. The topological polar surface area (TPSA) is 83.5 Å². The van der Waals surface area contributed by atoms with Crippen molar-refractivity contribution in [3.8, 4) is 5.75 Å². The third-order valence-corrected chi connectivity index (χ3v) is 6.73. The smallest absolute Gasteiger partial charge is 0.343 e. The summed E-state index contributed by atoms with van der Waals surface area (Å²) in [7, 11) is 1.31. The molecule has 2 aromatic rings. The monoisotopic (exact) mass is 518 g/mol. The second-order valence-electron chi connectivity index (χ2n) is 8.58. The van der Waals surface area contributed by atoms with Gasteiger partial charge >= 0.3 is 5.97 Å². The summed E-state index contributed by atoms with van der Waals surface area (Å²) in [5.41, 5.74) is 5.02. The van der Waals surface area contributed by atoms with Gasteiger partial charge in [0.2, 0.25) is 0 Å². The van der Waals surface area contributed by atoms with Crippen LogP contribution in [0, 0.1) is 5.92 Å². The number of rotatable bonds is 7. The molecular formula is C25H28Cl2N4O4. The number of piperidine rings is 1. The number of halogens is 2. The summed E-state index contributed by atoms with van der Waals surface area (Å²) in [6, 6.07) is 12.3. The van der Waals surface area contributed by atoms with Crippen LogP contribution in [0.25, 0.3) is 0 Å². The van der Waals surface area contributed by atoms with Crippen molar-refractivity contribution in [1.29, 1.82) is 0 Å². The Balaban J connectivity index is 1.61. The molecule has 1 amide bonds. The Hall–Kier alpha value is -2.81. The van der Waals surface area contributed by atoms with E-state index in [4.69, 9.17) is 33.0 Å². The maximum atomic E-state index is 13.2. The molecule has 0 saturated carbocycles. The standard InChI is InChI=1S/C25H28Cl2N4O4/c1-16-23(25(33)29-30-12-4-3-5-13-30)28-31(21-11-8-18(26)14-20(21)27)24(16)17-6-9-19(10-7-17)35-15-22(32)34-2/h6-11,14,16,24H,3-5,12-13,15H2,1-2H3,(H,29,33). The van der Waals surface area contributed by atoms with Gasteiger partial charge in [-0.3, -0.25) is 15.2 Å². The van der Waals surface area contributed by atoms with Gasteiger partial charge < -0.3 is 9.47 Å². The third kappa shape index (κ3) is 5.89. The summed E-state index contributed by atoms with van der Waals surface area (Å²) < 4.78 is 10.1. The van der Waals surface area contributed by atoms with Crippen molar-refractivity contribution < 1.29 is 19.1 Å². The van der Waals surface area contributed by atoms with Gasteiger partial charge in [0.15, 0.2) is 6.61 Å². The first-order valence-electron chi connectivity index (χ1n) is 11.6. The molecule has 35 heavy (non-hydrogen) atoms. The summed E-state index contributed by atoms with van der Waals surface area (Å²) in [5.74, 6) is -0.368. The second kappa shape index (κ2) is 11.3. The summed E-state index contributed by atoms with van der Waals surface area (Å²) in [4.78, 5) is 24.6. The lowest BCUT2D eigenvalue weighted by Gasteiger charge is -2.28. The number of nitrogens with one attached hydrogen (secondary N) is 1. The molecule has 10 heteroatoms. The highest BCUT2D eigenvalue weighted by atomic mass is 35.5. The van der Waals surface area contributed by atoms with Crippen molar-refractivity contribution in [2.75, 3.05) is 31.8 Å². The van der Waals surface area contributed by atoms with Crippen LogP contribution in [0.15, 0.2) is 47.6 Å². The lowest BCUT2D eigenvalue weighted by molar-refractivity contribution is -0.142. The number of nitrogens with zero attached hydrogens (tertiary/aromatic N) is 3. The quantitative estimate of drug-likeness (QED) is 0.538. The average molecular weight is 519 g/mol. The Labute approximate surface area is 214 Å². The molecule has 0 spiro atoms. The number of benzene rings is 2. The number of ether oxygens (including phenoxy) is 2. The van der Waals surface area contributed by atoms with Gasteiger partial charge in [0.1, 0.15) is 11.5 Å². The Bertz CT molecular complexity index is 1100. The van der Waals surface area contributed by atoms with Crippen molar-refractivity contribution in [1.82, 2.24) is 10.4 Å². The number of carbonyl (C=O) groups is 2. The number of hydrazone groups is 1. The van der Waals surface area contributed by atoms with Gasteiger partial charge in [-0.2, -0.15) is 5.10 Å². The zero-order valence-electron chi connectivity index (χ0n) is 19.7. The number of amides is 1. The maximum absolute atomic E-state index is 13.2. The van der Waals surface area contributed by atoms with Gasteiger partial charge in [0, 0.05) is 24.0 Å². The van der Waals surface area contributed by atoms with Gasteiger partial charge in [0.25, 0.3) is 5.91 Å². The van der Waals surface area contributed by atoms with Crippen molar-refractivity contribution in [3.05, 3.63) is 58.1 Å². The molecule has 1 saturated heterocycles. The third-order valence-electron chi connectivity index (χ3n) is 6.19. The molecule has 0 aliphatic carbocycles. The Morgan fingerprint density at radius 1 is 1.09 bits per heavy atom. The number of anilines is 1. The second-order valence-corrected chi connectivity index (χ2v) is 9.43. The van der Waals surface area contributed by atoms with Crippen LogP contribution in [0.5, 0.6) is 5.75 Å². The van der Waals surface area contributed by atoms with Gasteiger partial charge in [-0.05, 0) is 48.7 Å². The molecule has 2 unspecified atom stereocenters. The minimum atomic E-state index is -0.459. The summed E-state index contributed by atoms with van der Waals surface area (Å²) in [6.45, 7) is 3.46. The normalized spacial score (nSPS) is 20.3. The molecular weight excluding hydrogens is 491 g/mol. The SMILES string of the molecule is COC(=O)COc1ccc(C2C(C)C(C(=O)NN3CCCCC3)=NN2c2ccc(Cl)cc2Cl)cc1. The first-order valence-corrected chi connectivity index (χ1v) is 12.3. The molecule has 8 nitrogen and oxygen atoms in total. The van der Waals surface area contributed by atoms with E-state index in [0.29, 0.717) is 27.2 Å². The largest absolute Gasteiger partial charge is 0.482 e. The van der Waals surface area contributed by atoms with Gasteiger partial charge in [-0.1, -0.05) is 48.7 Å². The number of carbonyl (C=O) groups excluding carboxylic acids is 2. The molecule has 0 radical (unpaired) electrons. The van der Waals surface area contributed by atoms with Crippen molar-refractivity contribution >= 4 is 46.5 Å². The number of hydrogen-bond acceptors (Lipinski definition) is 7. The minimum Gasteiger partial charge on any atom is -0.482 e. The van der Waals surface area contributed by atoms with Crippen molar-refractivity contribution in [2.24, 2.45) is 11.0 Å². The lowest BCUT2D eigenvalue weighted by atomic mass is 9.91. The zero-order chi connectivity index (χ0) is 24.9. The fraction of sp³-hybridized carbons (Fsp3) is 0.400. The molecule has 1 fully saturated rings. The summed E-state index contributed by atoms with van der Waals surface area (Å²) in [5, 5.41) is 9.43. The predicted molar refractivity (Wildman–Crippen MR) is 136 cm³/mol. The number of hydrogen-bond donors (Lipinski definition) is 1. The molecule has 2 aliphatic rings. The number of methoxy groups -OCH3 is 1. The van der Waals surface area contributed by atoms with Crippen LogP contribution in [-0.2, 0) is 14.3 Å². The molecule has 4 rings (SSSR count). The van der Waals surface area contributed by atoms with Crippen LogP contribution in [-0.4, -0.2) is 49.4 Å². The van der Waals surface area contributed by atoms with Crippen molar-refractivity contribution in [3.63, 3.8) is 0 Å². The molecule has 186 valence electrons. The van der Waals surface area contributed by atoms with E-state index in [2.05, 4.69) is 10.2 Å². The fourth-order valence-corrected chi connectivity index (χ4v) is 4.85. The predicted octanol–water partition coefficient (Wildman–Crippen LogP) is 4.62. The van der Waals surface area contributed by atoms with Gasteiger partial charge in [0.05, 0.1) is 23.9 Å². The Kier molecular flexibility index (Phi) is 8.15. The van der Waals surface area contributed by atoms with E-state index in [0.717, 1.165) is 31.5 Å². The van der Waals surface area contributed by atoms with E-state index in [9.17, 15) is 9.59 Å². The zero-order valence-corrected chi connectivity index (χ0v) is 21.2. The van der Waals surface area contributed by atoms with E-state index in [-0.39, 0.29) is 24.5 Å². The minimum absolute atomic E-state index is 0.174. The van der Waals surface area contributed by atoms with Gasteiger partial charge in [-0.25, -0.2) is 9.80 Å². The number of esters is 1. The average Bonchev–Trinajstić information content (AvgIpc) is 3.20. The van der Waals surface area contributed by atoms with Crippen molar-refractivity contribution in [2.45, 2.75) is 32.2 Å². The Morgan fingerprint density at radius 2 is 1.80 bits per heavy atom. The summed E-state index contributed by atoms with van der Waals surface area (Å²) >= 11 is 12.7. The molecule has 2 aliphatic heterocycles. The molecule has 2 heterocycles. The van der Waals surface area contributed by atoms with E-state index in [1.165, 1.54) is 13.5 Å². The van der Waals surface area contributed by atoms with E-state index in [1.54, 1.807) is 35.3 Å². The van der Waals surface area contributed by atoms with E-state index in [1.807, 2.05) is 24.1 Å². The van der Waals surface area contributed by atoms with Crippen LogP contribution in [0.4, 0.5) is 5.69 Å². The maximum Gasteiger partial charge on any atom is 0.343 e.